The van der Waals surface area contributed by atoms with Crippen molar-refractivity contribution < 1.29 is 13.5 Å². The summed E-state index contributed by atoms with van der Waals surface area (Å²) in [5.74, 6) is 0.110. The number of alkyl halides is 2. The maximum Gasteiger partial charge on any atom is 0.394 e. The van der Waals surface area contributed by atoms with Crippen LogP contribution in [0.3, 0.4) is 0 Å². The molecule has 6 heteroatoms. The maximum atomic E-state index is 12.6. The molecule has 1 aromatic heterocycles. The molecule has 2 rings (SSSR count). The van der Waals surface area contributed by atoms with Crippen LogP contribution in [0.1, 0.15) is 6.92 Å². The van der Waals surface area contributed by atoms with E-state index in [4.69, 9.17) is 5.73 Å². The van der Waals surface area contributed by atoms with Crippen molar-refractivity contribution in [3.63, 3.8) is 0 Å². The van der Waals surface area contributed by atoms with Gasteiger partial charge >= 0.3 is 6.11 Å². The molecule has 0 saturated carbocycles. The first-order valence-corrected chi connectivity index (χ1v) is 4.98. The lowest BCUT2D eigenvalue weighted by molar-refractivity contribution is -0.158. The highest BCUT2D eigenvalue weighted by molar-refractivity contribution is 7.22. The van der Waals surface area contributed by atoms with Crippen molar-refractivity contribution in [2.24, 2.45) is 0 Å². The fourth-order valence-corrected chi connectivity index (χ4v) is 1.96. The zero-order valence-electron chi connectivity index (χ0n) is 7.83. The van der Waals surface area contributed by atoms with Crippen LogP contribution < -0.4 is 10.5 Å². The van der Waals surface area contributed by atoms with Gasteiger partial charge in [0, 0.05) is 6.92 Å². The molecule has 0 bridgehead atoms. The molecule has 0 fully saturated rings. The van der Waals surface area contributed by atoms with Gasteiger partial charge in [-0.3, -0.25) is 0 Å². The van der Waals surface area contributed by atoms with Gasteiger partial charge in [0.25, 0.3) is 0 Å². The molecule has 15 heavy (non-hydrogen) atoms. The number of benzene rings is 1. The fourth-order valence-electron chi connectivity index (χ4n) is 1.19. The summed E-state index contributed by atoms with van der Waals surface area (Å²) in [5.41, 5.74) is 6.17. The van der Waals surface area contributed by atoms with Gasteiger partial charge in [0.1, 0.15) is 5.75 Å². The van der Waals surface area contributed by atoms with Gasteiger partial charge in [-0.2, -0.15) is 8.78 Å². The Morgan fingerprint density at radius 1 is 1.47 bits per heavy atom. The molecule has 0 aliphatic rings. The summed E-state index contributed by atoms with van der Waals surface area (Å²) in [6, 6.07) is 4.54. The standard InChI is InChI=1S/C9H8F2N2OS/c1-9(10,11)14-5-2-3-6-7(4-5)15-8(12)13-6/h2-4H,1H3,(H2,12,13). The summed E-state index contributed by atoms with van der Waals surface area (Å²) < 4.78 is 30.3. The summed E-state index contributed by atoms with van der Waals surface area (Å²) in [7, 11) is 0. The van der Waals surface area contributed by atoms with E-state index in [1.165, 1.54) is 23.5 Å². The number of nitrogens with zero attached hydrogens (tertiary/aromatic N) is 1. The average molecular weight is 230 g/mol. The Bertz CT molecular complexity index is 492. The van der Waals surface area contributed by atoms with E-state index in [9.17, 15) is 8.78 Å². The van der Waals surface area contributed by atoms with Crippen LogP contribution in [-0.4, -0.2) is 11.1 Å². The quantitative estimate of drug-likeness (QED) is 0.862. The molecule has 0 amide bonds. The Morgan fingerprint density at radius 2 is 2.20 bits per heavy atom. The molecule has 0 radical (unpaired) electrons. The second kappa shape index (κ2) is 3.30. The van der Waals surface area contributed by atoms with Crippen LogP contribution in [0.25, 0.3) is 10.2 Å². The Kier molecular flexibility index (Phi) is 2.22. The number of rotatable bonds is 2. The molecule has 80 valence electrons. The lowest BCUT2D eigenvalue weighted by Gasteiger charge is -2.12. The van der Waals surface area contributed by atoms with Crippen molar-refractivity contribution in [3.05, 3.63) is 18.2 Å². The third-order valence-corrected chi connectivity index (χ3v) is 2.52. The Morgan fingerprint density at radius 3 is 2.87 bits per heavy atom. The molecule has 0 unspecified atom stereocenters. The summed E-state index contributed by atoms with van der Waals surface area (Å²) in [6.45, 7) is 0.693. The van der Waals surface area contributed by atoms with Crippen molar-refractivity contribution in [1.82, 2.24) is 4.98 Å². The van der Waals surface area contributed by atoms with Crippen molar-refractivity contribution in [1.29, 1.82) is 0 Å². The highest BCUT2D eigenvalue weighted by Gasteiger charge is 2.23. The van der Waals surface area contributed by atoms with E-state index in [0.29, 0.717) is 17.6 Å². The highest BCUT2D eigenvalue weighted by Crippen LogP contribution is 2.29. The number of halogens is 2. The largest absolute Gasteiger partial charge is 0.433 e. The summed E-state index contributed by atoms with van der Waals surface area (Å²) in [6.07, 6.45) is -3.18. The van der Waals surface area contributed by atoms with E-state index >= 15 is 0 Å². The molecular weight excluding hydrogens is 222 g/mol. The first-order chi connectivity index (χ1) is 6.94. The van der Waals surface area contributed by atoms with E-state index in [-0.39, 0.29) is 5.75 Å². The SMILES string of the molecule is CC(F)(F)Oc1ccc2nc(N)sc2c1. The van der Waals surface area contributed by atoms with Gasteiger partial charge in [0.05, 0.1) is 10.2 Å². The van der Waals surface area contributed by atoms with Gasteiger partial charge in [-0.05, 0) is 18.2 Å². The van der Waals surface area contributed by atoms with E-state index in [2.05, 4.69) is 9.72 Å². The lowest BCUT2D eigenvalue weighted by atomic mass is 10.3. The number of thiazole rings is 1. The number of fused-ring (bicyclic) bond motifs is 1. The number of hydrogen-bond donors (Lipinski definition) is 1. The first-order valence-electron chi connectivity index (χ1n) is 4.17. The summed E-state index contributed by atoms with van der Waals surface area (Å²) in [5, 5.41) is 0.408. The zero-order valence-corrected chi connectivity index (χ0v) is 8.65. The van der Waals surface area contributed by atoms with Crippen molar-refractivity contribution >= 4 is 26.7 Å². The normalized spacial score (nSPS) is 11.9. The number of nitrogens with two attached hydrogens (primary N) is 1. The predicted octanol–water partition coefficient (Wildman–Crippen LogP) is 2.87. The van der Waals surface area contributed by atoms with Gasteiger partial charge in [-0.25, -0.2) is 4.98 Å². The van der Waals surface area contributed by atoms with E-state index < -0.39 is 6.11 Å². The molecule has 0 aliphatic carbocycles. The molecule has 1 aromatic carbocycles. The number of nitrogen functional groups attached to an aromatic ring is 1. The number of ether oxygens (including phenoxy) is 1. The average Bonchev–Trinajstić information content (AvgIpc) is 2.40. The van der Waals surface area contributed by atoms with Gasteiger partial charge in [-0.15, -0.1) is 0 Å². The van der Waals surface area contributed by atoms with Crippen LogP contribution >= 0.6 is 11.3 Å². The molecule has 3 nitrogen and oxygen atoms in total. The zero-order chi connectivity index (χ0) is 11.1. The van der Waals surface area contributed by atoms with Gasteiger partial charge < -0.3 is 10.5 Å². The molecular formula is C9H8F2N2OS. The fraction of sp³-hybridized carbons (Fsp3) is 0.222. The smallest absolute Gasteiger partial charge is 0.394 e. The van der Waals surface area contributed by atoms with Gasteiger partial charge in [0.15, 0.2) is 5.13 Å². The molecule has 0 saturated heterocycles. The highest BCUT2D eigenvalue weighted by atomic mass is 32.1. The van der Waals surface area contributed by atoms with Crippen molar-refractivity contribution in [3.8, 4) is 5.75 Å². The third kappa shape index (κ3) is 2.33. The van der Waals surface area contributed by atoms with Crippen molar-refractivity contribution in [2.75, 3.05) is 5.73 Å². The monoisotopic (exact) mass is 230 g/mol. The van der Waals surface area contributed by atoms with E-state index in [1.54, 1.807) is 6.07 Å². The number of aromatic nitrogens is 1. The van der Waals surface area contributed by atoms with Crippen LogP contribution in [0.15, 0.2) is 18.2 Å². The Labute approximate surface area is 88.5 Å². The molecule has 2 N–H and O–H groups in total. The predicted molar refractivity (Wildman–Crippen MR) is 55.3 cm³/mol. The molecule has 0 atom stereocenters. The molecule has 0 aliphatic heterocycles. The van der Waals surface area contributed by atoms with Gasteiger partial charge in [0.2, 0.25) is 0 Å². The summed E-state index contributed by atoms with van der Waals surface area (Å²) >= 11 is 1.23. The molecule has 1 heterocycles. The first kappa shape index (κ1) is 10.1. The number of hydrogen-bond acceptors (Lipinski definition) is 4. The molecule has 0 spiro atoms. The Balaban J connectivity index is 2.38. The van der Waals surface area contributed by atoms with Crippen LogP contribution in [0, 0.1) is 0 Å². The van der Waals surface area contributed by atoms with E-state index in [0.717, 1.165) is 4.70 Å². The lowest BCUT2D eigenvalue weighted by Crippen LogP contribution is -2.18. The second-order valence-electron chi connectivity index (χ2n) is 3.09. The number of anilines is 1. The summed E-state index contributed by atoms with van der Waals surface area (Å²) in [4.78, 5) is 4.00. The van der Waals surface area contributed by atoms with Crippen LogP contribution in [-0.2, 0) is 0 Å². The molecule has 2 aromatic rings. The minimum atomic E-state index is -3.18. The van der Waals surface area contributed by atoms with Gasteiger partial charge in [-0.1, -0.05) is 11.3 Å². The second-order valence-corrected chi connectivity index (χ2v) is 4.15. The minimum Gasteiger partial charge on any atom is -0.433 e. The maximum absolute atomic E-state index is 12.6. The Hall–Kier alpha value is -1.43. The van der Waals surface area contributed by atoms with E-state index in [1.807, 2.05) is 0 Å². The third-order valence-electron chi connectivity index (χ3n) is 1.67. The van der Waals surface area contributed by atoms with Crippen LogP contribution in [0.4, 0.5) is 13.9 Å². The topological polar surface area (TPSA) is 48.1 Å². The van der Waals surface area contributed by atoms with Crippen molar-refractivity contribution in [2.45, 2.75) is 13.0 Å². The van der Waals surface area contributed by atoms with Crippen LogP contribution in [0.5, 0.6) is 5.75 Å². The van der Waals surface area contributed by atoms with Crippen LogP contribution in [0.2, 0.25) is 0 Å². The minimum absolute atomic E-state index is 0.110.